The number of benzene rings is 5. The molecule has 0 saturated carbocycles. The molecule has 4 nitrogen and oxygen atoms in total. The van der Waals surface area contributed by atoms with Gasteiger partial charge in [0.2, 0.25) is 5.95 Å². The number of fused-ring (bicyclic) bond motifs is 5. The minimum Gasteiger partial charge on any atom is -0.295 e. The second-order valence-electron chi connectivity index (χ2n) is 11.5. The first-order valence-electron chi connectivity index (χ1n) is 15.3. The Morgan fingerprint density at radius 3 is 1.77 bits per heavy atom. The van der Waals surface area contributed by atoms with Gasteiger partial charge in [0.05, 0.1) is 22.4 Å². The predicted octanol–water partition coefficient (Wildman–Crippen LogP) is 10.4. The van der Waals surface area contributed by atoms with Crippen LogP contribution in [-0.2, 0) is 0 Å². The largest absolute Gasteiger partial charge is 0.295 e. The summed E-state index contributed by atoms with van der Waals surface area (Å²) in [5.41, 5.74) is 9.69. The number of aromatic nitrogens is 4. The minimum atomic E-state index is 0.474. The molecule has 1 unspecified atom stereocenters. The number of hydrogen-bond acceptors (Lipinski definition) is 2. The molecule has 0 radical (unpaired) electrons. The lowest BCUT2D eigenvalue weighted by atomic mass is 9.97. The van der Waals surface area contributed by atoms with E-state index in [0.29, 0.717) is 11.9 Å². The second-order valence-corrected chi connectivity index (χ2v) is 11.5. The Bertz CT molecular complexity index is 2200. The first-order valence-corrected chi connectivity index (χ1v) is 15.3. The van der Waals surface area contributed by atoms with Crippen molar-refractivity contribution in [1.29, 1.82) is 0 Å². The lowest BCUT2D eigenvalue weighted by molar-refractivity contribution is 0.735. The zero-order valence-electron chi connectivity index (χ0n) is 24.9. The van der Waals surface area contributed by atoms with Crippen LogP contribution in [0.25, 0.3) is 67.0 Å². The summed E-state index contributed by atoms with van der Waals surface area (Å²) >= 11 is 0. The van der Waals surface area contributed by atoms with Crippen molar-refractivity contribution in [3.8, 4) is 34.2 Å². The summed E-state index contributed by atoms with van der Waals surface area (Å²) in [4.78, 5) is 10.5. The maximum atomic E-state index is 5.27. The molecule has 3 aromatic heterocycles. The van der Waals surface area contributed by atoms with Gasteiger partial charge in [0.15, 0.2) is 0 Å². The van der Waals surface area contributed by atoms with Crippen molar-refractivity contribution < 1.29 is 0 Å². The van der Waals surface area contributed by atoms with Gasteiger partial charge in [-0.25, -0.2) is 9.97 Å². The average Bonchev–Trinajstić information content (AvgIpc) is 3.61. The van der Waals surface area contributed by atoms with Crippen molar-refractivity contribution in [2.45, 2.75) is 26.2 Å². The van der Waals surface area contributed by atoms with E-state index < -0.39 is 0 Å². The molecular formula is C40H32N4. The molecule has 0 N–H and O–H groups in total. The predicted molar refractivity (Wildman–Crippen MR) is 183 cm³/mol. The maximum Gasteiger partial charge on any atom is 0.236 e. The maximum absolute atomic E-state index is 5.27. The van der Waals surface area contributed by atoms with E-state index in [9.17, 15) is 0 Å². The summed E-state index contributed by atoms with van der Waals surface area (Å²) in [6, 6.07) is 49.2. The molecule has 0 aliphatic rings. The molecular weight excluding hydrogens is 536 g/mol. The molecule has 0 saturated heterocycles. The average molecular weight is 569 g/mol. The number of rotatable bonds is 6. The molecule has 8 rings (SSSR count). The number of para-hydroxylation sites is 2. The van der Waals surface area contributed by atoms with Gasteiger partial charge in [-0.1, -0.05) is 117 Å². The highest BCUT2D eigenvalue weighted by Gasteiger charge is 2.24. The quantitative estimate of drug-likeness (QED) is 0.200. The summed E-state index contributed by atoms with van der Waals surface area (Å²) in [6.45, 7) is 4.57. The fourth-order valence-corrected chi connectivity index (χ4v) is 6.40. The van der Waals surface area contributed by atoms with Crippen molar-refractivity contribution in [3.05, 3.63) is 145 Å². The zero-order chi connectivity index (χ0) is 29.6. The van der Waals surface area contributed by atoms with Crippen LogP contribution in [0.1, 0.15) is 31.7 Å². The number of nitrogens with zero attached hydrogens (tertiary/aromatic N) is 4. The lowest BCUT2D eigenvalue weighted by Gasteiger charge is -2.14. The van der Waals surface area contributed by atoms with Gasteiger partial charge in [-0.05, 0) is 54.3 Å². The van der Waals surface area contributed by atoms with Crippen LogP contribution in [0.4, 0.5) is 0 Å². The Balaban J connectivity index is 1.53. The fraction of sp³-hybridized carbons (Fsp3) is 0.100. The molecule has 0 aliphatic carbocycles. The molecule has 0 fully saturated rings. The smallest absolute Gasteiger partial charge is 0.236 e. The Labute approximate surface area is 256 Å². The van der Waals surface area contributed by atoms with Gasteiger partial charge in [-0.15, -0.1) is 0 Å². The van der Waals surface area contributed by atoms with E-state index in [-0.39, 0.29) is 0 Å². The van der Waals surface area contributed by atoms with Crippen LogP contribution in [0, 0.1) is 0 Å². The van der Waals surface area contributed by atoms with Crippen LogP contribution in [0.3, 0.4) is 0 Å². The summed E-state index contributed by atoms with van der Waals surface area (Å²) in [5, 5.41) is 3.66. The van der Waals surface area contributed by atoms with E-state index in [0.717, 1.165) is 45.8 Å². The lowest BCUT2D eigenvalue weighted by Crippen LogP contribution is -2.07. The van der Waals surface area contributed by atoms with E-state index in [1.165, 1.54) is 27.2 Å². The van der Waals surface area contributed by atoms with Crippen molar-refractivity contribution in [2.24, 2.45) is 0 Å². The monoisotopic (exact) mass is 568 g/mol. The third-order valence-electron chi connectivity index (χ3n) is 8.84. The van der Waals surface area contributed by atoms with Gasteiger partial charge < -0.3 is 0 Å². The molecule has 5 aromatic carbocycles. The van der Waals surface area contributed by atoms with E-state index in [1.54, 1.807) is 0 Å². The van der Waals surface area contributed by atoms with Crippen LogP contribution in [0.5, 0.6) is 0 Å². The Morgan fingerprint density at radius 2 is 1.14 bits per heavy atom. The molecule has 44 heavy (non-hydrogen) atoms. The van der Waals surface area contributed by atoms with Gasteiger partial charge in [0, 0.05) is 33.0 Å². The highest BCUT2D eigenvalue weighted by Crippen LogP contribution is 2.41. The van der Waals surface area contributed by atoms with E-state index >= 15 is 0 Å². The highest BCUT2D eigenvalue weighted by atomic mass is 15.2. The summed E-state index contributed by atoms with van der Waals surface area (Å²) < 4.78 is 4.64. The molecule has 1 atom stereocenters. The number of hydrogen-bond donors (Lipinski definition) is 0. The molecule has 0 amide bonds. The zero-order valence-corrected chi connectivity index (χ0v) is 24.9. The summed E-state index contributed by atoms with van der Waals surface area (Å²) in [7, 11) is 0. The topological polar surface area (TPSA) is 35.6 Å². The van der Waals surface area contributed by atoms with Crippen LogP contribution in [-0.4, -0.2) is 19.1 Å². The van der Waals surface area contributed by atoms with Gasteiger partial charge in [-0.3, -0.25) is 9.13 Å². The molecule has 8 aromatic rings. The third-order valence-corrected chi connectivity index (χ3v) is 8.84. The van der Waals surface area contributed by atoms with Crippen molar-refractivity contribution in [2.75, 3.05) is 0 Å². The standard InChI is InChI=1S/C40H32N4/c1-3-27(2)30-23-24-37-33(25-30)38-32-21-13-14-22-36(32)44(39(38)43(37)31-19-11-6-12-20-31)40-41-34(28-15-7-4-8-16-28)26-35(42-40)29-17-9-5-10-18-29/h4-27H,3H2,1-2H3. The summed E-state index contributed by atoms with van der Waals surface area (Å²) in [5.74, 6) is 1.13. The van der Waals surface area contributed by atoms with Gasteiger partial charge in [0.25, 0.3) is 0 Å². The van der Waals surface area contributed by atoms with Crippen molar-refractivity contribution in [3.63, 3.8) is 0 Å². The SMILES string of the molecule is CCC(C)c1ccc2c(c1)c1c3ccccc3n(-c3nc(-c4ccccc4)cc(-c4ccccc4)n3)c1n2-c1ccccc1. The van der Waals surface area contributed by atoms with Crippen LogP contribution in [0.2, 0.25) is 0 Å². The van der Waals surface area contributed by atoms with Crippen LogP contribution < -0.4 is 0 Å². The first-order chi connectivity index (χ1) is 21.7. The van der Waals surface area contributed by atoms with Crippen molar-refractivity contribution >= 4 is 32.8 Å². The second kappa shape index (κ2) is 10.7. The van der Waals surface area contributed by atoms with Crippen LogP contribution in [0.15, 0.2) is 140 Å². The molecule has 212 valence electrons. The molecule has 0 aliphatic heterocycles. The van der Waals surface area contributed by atoms with E-state index in [4.69, 9.17) is 9.97 Å². The normalized spacial score (nSPS) is 12.3. The van der Waals surface area contributed by atoms with E-state index in [2.05, 4.69) is 150 Å². The van der Waals surface area contributed by atoms with Gasteiger partial charge in [0.1, 0.15) is 5.65 Å². The first kappa shape index (κ1) is 26.2. The third kappa shape index (κ3) is 4.22. The molecule has 0 spiro atoms. The van der Waals surface area contributed by atoms with E-state index in [1.807, 2.05) is 12.1 Å². The minimum absolute atomic E-state index is 0.474. The van der Waals surface area contributed by atoms with Gasteiger partial charge >= 0.3 is 0 Å². The molecule has 0 bridgehead atoms. The fourth-order valence-electron chi connectivity index (χ4n) is 6.40. The molecule has 4 heteroatoms. The molecule has 3 heterocycles. The Morgan fingerprint density at radius 1 is 0.568 bits per heavy atom. The van der Waals surface area contributed by atoms with Gasteiger partial charge in [-0.2, -0.15) is 0 Å². The summed E-state index contributed by atoms with van der Waals surface area (Å²) in [6.07, 6.45) is 1.10. The van der Waals surface area contributed by atoms with Crippen molar-refractivity contribution in [1.82, 2.24) is 19.1 Å². The van der Waals surface area contributed by atoms with Crippen LogP contribution >= 0.6 is 0 Å². The highest BCUT2D eigenvalue weighted by molar-refractivity contribution is 6.22. The Kier molecular flexibility index (Phi) is 6.34. The Hall–Kier alpha value is -5.48.